The Kier molecular flexibility index (Phi) is 6.78. The van der Waals surface area contributed by atoms with Crippen molar-refractivity contribution in [3.05, 3.63) is 0 Å². The van der Waals surface area contributed by atoms with Crippen LogP contribution in [0.15, 0.2) is 0 Å². The van der Waals surface area contributed by atoms with Crippen molar-refractivity contribution in [2.75, 3.05) is 33.7 Å². The molecule has 0 radical (unpaired) electrons. The van der Waals surface area contributed by atoms with Crippen molar-refractivity contribution < 1.29 is 0 Å². The van der Waals surface area contributed by atoms with E-state index in [2.05, 4.69) is 45.1 Å². The molecule has 3 N–H and O–H groups in total. The van der Waals surface area contributed by atoms with Gasteiger partial charge < -0.3 is 16.0 Å². The van der Waals surface area contributed by atoms with Crippen LogP contribution in [0.4, 0.5) is 0 Å². The minimum atomic E-state index is 0.474. The van der Waals surface area contributed by atoms with Crippen LogP contribution in [-0.2, 0) is 0 Å². The van der Waals surface area contributed by atoms with Gasteiger partial charge in [0.05, 0.1) is 0 Å². The Labute approximate surface area is 120 Å². The van der Waals surface area contributed by atoms with E-state index in [1.54, 1.807) is 0 Å². The standard InChI is InChI=1S/C16H35N3/c1-16(2,3)14-8-6-13(7-9-14)15(12-17)18-10-11-19(4)5/h13-15,18H,6-12,17H2,1-5H3. The minimum absolute atomic E-state index is 0.474. The van der Waals surface area contributed by atoms with E-state index < -0.39 is 0 Å². The largest absolute Gasteiger partial charge is 0.329 e. The molecule has 114 valence electrons. The predicted octanol–water partition coefficient (Wildman–Crippen LogP) is 2.32. The van der Waals surface area contributed by atoms with Crippen molar-refractivity contribution in [3.8, 4) is 0 Å². The maximum Gasteiger partial charge on any atom is 0.0219 e. The number of nitrogens with two attached hydrogens (primary N) is 1. The lowest BCUT2D eigenvalue weighted by Crippen LogP contribution is -2.46. The Hall–Kier alpha value is -0.120. The molecule has 0 aromatic heterocycles. The van der Waals surface area contributed by atoms with E-state index in [0.717, 1.165) is 31.5 Å². The van der Waals surface area contributed by atoms with Gasteiger partial charge in [-0.2, -0.15) is 0 Å². The molecule has 1 saturated carbocycles. The molecule has 1 unspecified atom stereocenters. The summed E-state index contributed by atoms with van der Waals surface area (Å²) in [7, 11) is 4.24. The van der Waals surface area contributed by atoms with Crippen LogP contribution >= 0.6 is 0 Å². The lowest BCUT2D eigenvalue weighted by atomic mass is 9.68. The Morgan fingerprint density at radius 3 is 2.16 bits per heavy atom. The molecule has 3 nitrogen and oxygen atoms in total. The van der Waals surface area contributed by atoms with Crippen molar-refractivity contribution in [1.82, 2.24) is 10.2 Å². The molecule has 0 amide bonds. The predicted molar refractivity (Wildman–Crippen MR) is 84.3 cm³/mol. The van der Waals surface area contributed by atoms with Crippen molar-refractivity contribution in [3.63, 3.8) is 0 Å². The van der Waals surface area contributed by atoms with Crippen molar-refractivity contribution in [1.29, 1.82) is 0 Å². The maximum absolute atomic E-state index is 5.96. The number of nitrogens with zero attached hydrogens (tertiary/aromatic N) is 1. The van der Waals surface area contributed by atoms with E-state index >= 15 is 0 Å². The maximum atomic E-state index is 5.96. The summed E-state index contributed by atoms with van der Waals surface area (Å²) >= 11 is 0. The summed E-state index contributed by atoms with van der Waals surface area (Å²) in [5, 5.41) is 3.66. The summed E-state index contributed by atoms with van der Waals surface area (Å²) in [6.45, 7) is 10.1. The molecular formula is C16H35N3. The molecule has 3 heteroatoms. The monoisotopic (exact) mass is 269 g/mol. The molecule has 1 fully saturated rings. The molecule has 0 aromatic carbocycles. The van der Waals surface area contributed by atoms with Crippen LogP contribution in [0.3, 0.4) is 0 Å². The second-order valence-corrected chi connectivity index (χ2v) is 7.58. The molecule has 0 aliphatic heterocycles. The normalized spacial score (nSPS) is 26.7. The topological polar surface area (TPSA) is 41.3 Å². The lowest BCUT2D eigenvalue weighted by Gasteiger charge is -2.39. The van der Waals surface area contributed by atoms with E-state index in [1.807, 2.05) is 0 Å². The van der Waals surface area contributed by atoms with Crippen molar-refractivity contribution in [2.45, 2.75) is 52.5 Å². The van der Waals surface area contributed by atoms with Crippen molar-refractivity contribution >= 4 is 0 Å². The number of hydrogen-bond acceptors (Lipinski definition) is 3. The molecule has 0 saturated heterocycles. The van der Waals surface area contributed by atoms with Crippen LogP contribution in [0.2, 0.25) is 0 Å². The number of likely N-dealkylation sites (N-methyl/N-ethyl adjacent to an activating group) is 1. The minimum Gasteiger partial charge on any atom is -0.329 e. The van der Waals surface area contributed by atoms with Gasteiger partial charge in [0.25, 0.3) is 0 Å². The average Bonchev–Trinajstić information content (AvgIpc) is 2.33. The molecule has 1 aliphatic carbocycles. The van der Waals surface area contributed by atoms with Crippen LogP contribution in [0.5, 0.6) is 0 Å². The molecular weight excluding hydrogens is 234 g/mol. The van der Waals surface area contributed by atoms with Gasteiger partial charge in [-0.05, 0) is 57.0 Å². The second kappa shape index (κ2) is 7.61. The molecule has 0 spiro atoms. The first-order valence-electron chi connectivity index (χ1n) is 7.92. The van der Waals surface area contributed by atoms with Crippen LogP contribution in [0.25, 0.3) is 0 Å². The van der Waals surface area contributed by atoms with E-state index in [1.165, 1.54) is 25.7 Å². The SMILES string of the molecule is CN(C)CCNC(CN)C1CCC(C(C)(C)C)CC1. The van der Waals surface area contributed by atoms with Crippen molar-refractivity contribution in [2.24, 2.45) is 23.0 Å². The summed E-state index contributed by atoms with van der Waals surface area (Å²) in [6, 6.07) is 0.515. The molecule has 0 bridgehead atoms. The van der Waals surface area contributed by atoms with Crippen LogP contribution in [-0.4, -0.2) is 44.7 Å². The van der Waals surface area contributed by atoms with Crippen LogP contribution in [0.1, 0.15) is 46.5 Å². The first kappa shape index (κ1) is 16.9. The Morgan fingerprint density at radius 2 is 1.74 bits per heavy atom. The third kappa shape index (κ3) is 5.80. The third-order valence-corrected chi connectivity index (χ3v) is 4.79. The van der Waals surface area contributed by atoms with Gasteiger partial charge in [0.2, 0.25) is 0 Å². The summed E-state index contributed by atoms with van der Waals surface area (Å²) in [4.78, 5) is 2.22. The molecule has 0 aromatic rings. The summed E-state index contributed by atoms with van der Waals surface area (Å²) in [5.41, 5.74) is 6.44. The van der Waals surface area contributed by atoms with Gasteiger partial charge in [-0.3, -0.25) is 0 Å². The van der Waals surface area contributed by atoms with Gasteiger partial charge >= 0.3 is 0 Å². The Bertz CT molecular complexity index is 237. The highest BCUT2D eigenvalue weighted by Gasteiger charge is 2.32. The van der Waals surface area contributed by atoms with E-state index in [4.69, 9.17) is 5.73 Å². The highest BCUT2D eigenvalue weighted by atomic mass is 15.1. The fraction of sp³-hybridized carbons (Fsp3) is 1.00. The van der Waals surface area contributed by atoms with Gasteiger partial charge in [-0.1, -0.05) is 20.8 Å². The molecule has 0 heterocycles. The fourth-order valence-corrected chi connectivity index (χ4v) is 3.30. The zero-order valence-corrected chi connectivity index (χ0v) is 13.7. The van der Waals surface area contributed by atoms with Gasteiger partial charge in [-0.25, -0.2) is 0 Å². The third-order valence-electron chi connectivity index (χ3n) is 4.79. The highest BCUT2D eigenvalue weighted by molar-refractivity contribution is 4.86. The first-order valence-corrected chi connectivity index (χ1v) is 7.92. The zero-order valence-electron chi connectivity index (χ0n) is 13.7. The smallest absolute Gasteiger partial charge is 0.0219 e. The summed E-state index contributed by atoms with van der Waals surface area (Å²) in [6.07, 6.45) is 5.44. The van der Waals surface area contributed by atoms with E-state index in [0.29, 0.717) is 11.5 Å². The van der Waals surface area contributed by atoms with Gasteiger partial charge in [0.15, 0.2) is 0 Å². The van der Waals surface area contributed by atoms with Gasteiger partial charge in [-0.15, -0.1) is 0 Å². The first-order chi connectivity index (χ1) is 8.84. The number of nitrogens with one attached hydrogen (secondary N) is 1. The van der Waals surface area contributed by atoms with E-state index in [-0.39, 0.29) is 0 Å². The van der Waals surface area contributed by atoms with Gasteiger partial charge in [0, 0.05) is 25.7 Å². The molecule has 19 heavy (non-hydrogen) atoms. The lowest BCUT2D eigenvalue weighted by molar-refractivity contribution is 0.133. The van der Waals surface area contributed by atoms with Crippen LogP contribution < -0.4 is 11.1 Å². The van der Waals surface area contributed by atoms with Crippen LogP contribution in [0, 0.1) is 17.3 Å². The highest BCUT2D eigenvalue weighted by Crippen LogP contribution is 2.40. The van der Waals surface area contributed by atoms with E-state index in [9.17, 15) is 0 Å². The Balaban J connectivity index is 2.35. The summed E-state index contributed by atoms with van der Waals surface area (Å²) in [5.74, 6) is 1.68. The molecule has 1 rings (SSSR count). The number of rotatable bonds is 6. The molecule has 1 aliphatic rings. The quantitative estimate of drug-likeness (QED) is 0.777. The number of hydrogen-bond donors (Lipinski definition) is 2. The summed E-state index contributed by atoms with van der Waals surface area (Å²) < 4.78 is 0. The fourth-order valence-electron chi connectivity index (χ4n) is 3.30. The molecule has 1 atom stereocenters. The average molecular weight is 269 g/mol. The zero-order chi connectivity index (χ0) is 14.5. The van der Waals surface area contributed by atoms with Gasteiger partial charge in [0.1, 0.15) is 0 Å². The second-order valence-electron chi connectivity index (χ2n) is 7.58. The Morgan fingerprint density at radius 1 is 1.16 bits per heavy atom.